The van der Waals surface area contributed by atoms with E-state index in [0.29, 0.717) is 31.7 Å². The molecule has 0 fully saturated rings. The monoisotopic (exact) mass is 388 g/mol. The summed E-state index contributed by atoms with van der Waals surface area (Å²) < 4.78 is 38.5. The number of nitrogen functional groups attached to an aromatic ring is 1. The fourth-order valence-corrected chi connectivity index (χ4v) is 3.29. The van der Waals surface area contributed by atoms with Gasteiger partial charge in [0.05, 0.1) is 35.9 Å². The van der Waals surface area contributed by atoms with Gasteiger partial charge in [-0.15, -0.1) is 0 Å². The Morgan fingerprint density at radius 1 is 1.00 bits per heavy atom. The van der Waals surface area contributed by atoms with Gasteiger partial charge in [0, 0.05) is 12.2 Å². The first-order chi connectivity index (χ1) is 12.0. The summed E-state index contributed by atoms with van der Waals surface area (Å²) in [5.41, 5.74) is 5.24. The Hall–Kier alpha value is -1.19. The molecule has 0 aliphatic carbocycles. The molecule has 0 aliphatic rings. The normalized spacial score (nSPS) is 13.1. The molecule has 1 rings (SSSR count). The zero-order valence-electron chi connectivity index (χ0n) is 16.1. The van der Waals surface area contributed by atoms with Crippen LogP contribution in [-0.4, -0.2) is 51.1 Å². The molecular formula is C18H32N2O5S. The number of nitrogens with one attached hydrogen (secondary N) is 1. The second kappa shape index (κ2) is 9.66. The number of sulfonamides is 1. The first-order valence-corrected chi connectivity index (χ1v) is 10.2. The van der Waals surface area contributed by atoms with Crippen LogP contribution in [0.15, 0.2) is 29.2 Å². The Morgan fingerprint density at radius 3 is 2.12 bits per heavy atom. The third kappa shape index (κ3) is 8.46. The van der Waals surface area contributed by atoms with Crippen LogP contribution in [0.2, 0.25) is 0 Å². The average molecular weight is 389 g/mol. The molecule has 0 saturated heterocycles. The van der Waals surface area contributed by atoms with Crippen molar-refractivity contribution in [3.05, 3.63) is 24.3 Å². The number of anilines is 1. The minimum absolute atomic E-state index is 0.00999. The van der Waals surface area contributed by atoms with Crippen LogP contribution in [-0.2, 0) is 19.5 Å². The van der Waals surface area contributed by atoms with E-state index < -0.39 is 15.6 Å². The van der Waals surface area contributed by atoms with Crippen molar-refractivity contribution in [3.8, 4) is 0 Å². The van der Waals surface area contributed by atoms with Gasteiger partial charge in [-0.1, -0.05) is 0 Å². The Balaban J connectivity index is 2.41. The number of hydrogen-bond acceptors (Lipinski definition) is 6. The van der Waals surface area contributed by atoms with Crippen LogP contribution < -0.4 is 10.5 Å². The predicted molar refractivity (Wildman–Crippen MR) is 102 cm³/mol. The molecule has 150 valence electrons. The van der Waals surface area contributed by atoms with E-state index in [-0.39, 0.29) is 23.6 Å². The first kappa shape index (κ1) is 22.9. The van der Waals surface area contributed by atoms with Crippen LogP contribution in [0.3, 0.4) is 0 Å². The second-order valence-electron chi connectivity index (χ2n) is 7.41. The van der Waals surface area contributed by atoms with Crippen LogP contribution >= 0.6 is 0 Å². The molecule has 1 aromatic carbocycles. The van der Waals surface area contributed by atoms with Gasteiger partial charge < -0.3 is 20.3 Å². The molecule has 0 bridgehead atoms. The van der Waals surface area contributed by atoms with Crippen LogP contribution in [0.25, 0.3) is 0 Å². The van der Waals surface area contributed by atoms with Crippen molar-refractivity contribution in [2.45, 2.75) is 56.6 Å². The molecule has 0 aliphatic heterocycles. The molecule has 0 atom stereocenters. The standard InChI is InChI=1S/C18H32N2O5S/c1-17(2,24-13-10-18(3,4)25-14-12-21)9-11-20-26(22,23)16-7-5-15(19)6-8-16/h5-8,20-21H,9-14,19H2,1-4H3. The minimum atomic E-state index is -3.56. The number of benzene rings is 1. The Kier molecular flexibility index (Phi) is 8.49. The Labute approximate surface area is 156 Å². The molecule has 26 heavy (non-hydrogen) atoms. The maximum atomic E-state index is 12.2. The molecule has 8 heteroatoms. The molecule has 0 aromatic heterocycles. The third-order valence-electron chi connectivity index (χ3n) is 3.99. The van der Waals surface area contributed by atoms with E-state index in [9.17, 15) is 8.42 Å². The van der Waals surface area contributed by atoms with Gasteiger partial charge in [0.2, 0.25) is 10.0 Å². The number of hydrogen-bond donors (Lipinski definition) is 3. The molecule has 0 spiro atoms. The quantitative estimate of drug-likeness (QED) is 0.472. The summed E-state index contributed by atoms with van der Waals surface area (Å²) in [7, 11) is -3.56. The van der Waals surface area contributed by atoms with Gasteiger partial charge in [-0.2, -0.15) is 0 Å². The SMILES string of the molecule is CC(C)(CCNS(=O)(=O)c1ccc(N)cc1)OCCC(C)(C)OCCO. The molecule has 0 amide bonds. The van der Waals surface area contributed by atoms with Gasteiger partial charge >= 0.3 is 0 Å². The zero-order chi connectivity index (χ0) is 19.8. The van der Waals surface area contributed by atoms with Crippen molar-refractivity contribution in [3.63, 3.8) is 0 Å². The van der Waals surface area contributed by atoms with E-state index in [1.165, 1.54) is 12.1 Å². The lowest BCUT2D eigenvalue weighted by molar-refractivity contribution is -0.0794. The summed E-state index contributed by atoms with van der Waals surface area (Å²) in [5.74, 6) is 0. The molecule has 0 saturated carbocycles. The van der Waals surface area contributed by atoms with E-state index in [0.717, 1.165) is 0 Å². The fourth-order valence-electron chi connectivity index (χ4n) is 2.26. The van der Waals surface area contributed by atoms with Crippen molar-refractivity contribution in [1.29, 1.82) is 0 Å². The molecule has 7 nitrogen and oxygen atoms in total. The van der Waals surface area contributed by atoms with Gasteiger partial charge in [-0.25, -0.2) is 13.1 Å². The number of aliphatic hydroxyl groups excluding tert-OH is 1. The highest BCUT2D eigenvalue weighted by Crippen LogP contribution is 2.19. The maximum Gasteiger partial charge on any atom is 0.240 e. The summed E-state index contributed by atoms with van der Waals surface area (Å²) in [6.07, 6.45) is 1.20. The molecule has 4 N–H and O–H groups in total. The molecule has 1 aromatic rings. The molecule has 0 heterocycles. The summed E-state index contributed by atoms with van der Waals surface area (Å²) in [6.45, 7) is 8.77. The number of nitrogens with two attached hydrogens (primary N) is 1. The van der Waals surface area contributed by atoms with Crippen LogP contribution in [0.5, 0.6) is 0 Å². The Bertz CT molecular complexity index is 642. The molecular weight excluding hydrogens is 356 g/mol. The second-order valence-corrected chi connectivity index (χ2v) is 9.17. The largest absolute Gasteiger partial charge is 0.399 e. The van der Waals surface area contributed by atoms with E-state index in [1.807, 2.05) is 27.7 Å². The van der Waals surface area contributed by atoms with Crippen molar-refractivity contribution >= 4 is 15.7 Å². The highest BCUT2D eigenvalue weighted by atomic mass is 32.2. The maximum absolute atomic E-state index is 12.2. The van der Waals surface area contributed by atoms with E-state index >= 15 is 0 Å². The lowest BCUT2D eigenvalue weighted by Crippen LogP contribution is -2.35. The van der Waals surface area contributed by atoms with E-state index in [1.54, 1.807) is 12.1 Å². The topological polar surface area (TPSA) is 111 Å². The fraction of sp³-hybridized carbons (Fsp3) is 0.667. The average Bonchev–Trinajstić information content (AvgIpc) is 2.52. The summed E-state index contributed by atoms with van der Waals surface area (Å²) >= 11 is 0. The van der Waals surface area contributed by atoms with Crippen molar-refractivity contribution < 1.29 is 23.0 Å². The third-order valence-corrected chi connectivity index (χ3v) is 5.47. The van der Waals surface area contributed by atoms with Crippen LogP contribution in [0.1, 0.15) is 40.5 Å². The summed E-state index contributed by atoms with van der Waals surface area (Å²) in [6, 6.07) is 6.08. The first-order valence-electron chi connectivity index (χ1n) is 8.71. The van der Waals surface area contributed by atoms with E-state index in [2.05, 4.69) is 4.72 Å². The van der Waals surface area contributed by atoms with Gasteiger partial charge in [0.25, 0.3) is 0 Å². The zero-order valence-corrected chi connectivity index (χ0v) is 16.9. The van der Waals surface area contributed by atoms with Gasteiger partial charge in [-0.05, 0) is 64.8 Å². The molecule has 0 radical (unpaired) electrons. The van der Waals surface area contributed by atoms with Crippen LogP contribution in [0, 0.1) is 0 Å². The lowest BCUT2D eigenvalue weighted by Gasteiger charge is -2.29. The summed E-state index contributed by atoms with van der Waals surface area (Å²) in [4.78, 5) is 0.188. The number of aliphatic hydroxyl groups is 1. The predicted octanol–water partition coefficient (Wildman–Crippen LogP) is 1.91. The van der Waals surface area contributed by atoms with E-state index in [4.69, 9.17) is 20.3 Å². The lowest BCUT2D eigenvalue weighted by atomic mass is 10.0. The number of ether oxygens (including phenoxy) is 2. The van der Waals surface area contributed by atoms with Gasteiger partial charge in [0.1, 0.15) is 0 Å². The minimum Gasteiger partial charge on any atom is -0.399 e. The number of rotatable bonds is 12. The molecule has 0 unspecified atom stereocenters. The highest BCUT2D eigenvalue weighted by Gasteiger charge is 2.23. The van der Waals surface area contributed by atoms with Crippen molar-refractivity contribution in [1.82, 2.24) is 4.72 Å². The van der Waals surface area contributed by atoms with Crippen LogP contribution in [0.4, 0.5) is 5.69 Å². The van der Waals surface area contributed by atoms with Gasteiger partial charge in [0.15, 0.2) is 0 Å². The Morgan fingerprint density at radius 2 is 1.54 bits per heavy atom. The summed E-state index contributed by atoms with van der Waals surface area (Å²) in [5, 5.41) is 8.82. The highest BCUT2D eigenvalue weighted by molar-refractivity contribution is 7.89. The van der Waals surface area contributed by atoms with Crippen molar-refractivity contribution in [2.75, 3.05) is 32.1 Å². The smallest absolute Gasteiger partial charge is 0.240 e. The van der Waals surface area contributed by atoms with Crippen molar-refractivity contribution in [2.24, 2.45) is 0 Å². The van der Waals surface area contributed by atoms with Gasteiger partial charge in [-0.3, -0.25) is 0 Å².